The molecule has 2 aromatic carbocycles. The van der Waals surface area contributed by atoms with Crippen molar-refractivity contribution in [2.45, 2.75) is 19.6 Å². The van der Waals surface area contributed by atoms with Crippen molar-refractivity contribution in [3.05, 3.63) is 53.3 Å². The monoisotopic (exact) mass is 289 g/mol. The zero-order valence-corrected chi connectivity index (χ0v) is 11.6. The molecule has 0 saturated heterocycles. The third-order valence-corrected chi connectivity index (χ3v) is 3.31. The predicted molar refractivity (Wildman–Crippen MR) is 75.9 cm³/mol. The van der Waals surface area contributed by atoms with E-state index in [2.05, 4.69) is 0 Å². The van der Waals surface area contributed by atoms with Gasteiger partial charge in [-0.1, -0.05) is 18.2 Å². The molecule has 0 bridgehead atoms. The second-order valence-electron chi connectivity index (χ2n) is 4.92. The van der Waals surface area contributed by atoms with E-state index in [4.69, 9.17) is 19.9 Å². The fraction of sp³-hybridized carbons (Fsp3) is 0.250. The largest absolute Gasteiger partial charge is 0.485 e. The lowest BCUT2D eigenvalue weighted by atomic mass is 10.1. The quantitative estimate of drug-likeness (QED) is 0.939. The van der Waals surface area contributed by atoms with Gasteiger partial charge in [0.1, 0.15) is 6.61 Å². The molecule has 0 aromatic heterocycles. The van der Waals surface area contributed by atoms with Gasteiger partial charge >= 0.3 is 0 Å². The highest BCUT2D eigenvalue weighted by Crippen LogP contribution is 2.33. The Balaban J connectivity index is 1.79. The Labute approximate surface area is 122 Å². The molecular formula is C16H16FNO3. The SMILES string of the molecule is CC(N)c1cccc(F)c1OCc1ccc2c(c1)OCO2. The first-order chi connectivity index (χ1) is 10.1. The minimum absolute atomic E-state index is 0.199. The molecule has 3 rings (SSSR count). The van der Waals surface area contributed by atoms with Crippen LogP contribution in [0.3, 0.4) is 0 Å². The van der Waals surface area contributed by atoms with E-state index in [1.165, 1.54) is 6.07 Å². The summed E-state index contributed by atoms with van der Waals surface area (Å²) in [7, 11) is 0. The van der Waals surface area contributed by atoms with Crippen molar-refractivity contribution < 1.29 is 18.6 Å². The van der Waals surface area contributed by atoms with Crippen LogP contribution in [0.15, 0.2) is 36.4 Å². The second kappa shape index (κ2) is 5.61. The highest BCUT2D eigenvalue weighted by Gasteiger charge is 2.15. The number of rotatable bonds is 4. The van der Waals surface area contributed by atoms with Crippen LogP contribution in [0, 0.1) is 5.82 Å². The van der Waals surface area contributed by atoms with Gasteiger partial charge in [0.05, 0.1) is 0 Å². The van der Waals surface area contributed by atoms with Crippen molar-refractivity contribution >= 4 is 0 Å². The maximum Gasteiger partial charge on any atom is 0.231 e. The number of hydrogen-bond donors (Lipinski definition) is 1. The molecule has 110 valence electrons. The Bertz CT molecular complexity index is 658. The molecule has 1 unspecified atom stereocenters. The Kier molecular flexibility index (Phi) is 3.66. The molecule has 21 heavy (non-hydrogen) atoms. The van der Waals surface area contributed by atoms with Crippen LogP contribution in [-0.4, -0.2) is 6.79 Å². The topological polar surface area (TPSA) is 53.7 Å². The van der Waals surface area contributed by atoms with E-state index in [0.717, 1.165) is 5.56 Å². The van der Waals surface area contributed by atoms with Gasteiger partial charge in [0.15, 0.2) is 23.1 Å². The molecule has 2 aromatic rings. The van der Waals surface area contributed by atoms with Crippen molar-refractivity contribution in [2.75, 3.05) is 6.79 Å². The first-order valence-electron chi connectivity index (χ1n) is 6.70. The smallest absolute Gasteiger partial charge is 0.231 e. The van der Waals surface area contributed by atoms with Crippen LogP contribution in [0.2, 0.25) is 0 Å². The molecule has 0 amide bonds. The van der Waals surface area contributed by atoms with Crippen LogP contribution in [0.5, 0.6) is 17.2 Å². The van der Waals surface area contributed by atoms with Gasteiger partial charge in [0, 0.05) is 11.6 Å². The molecule has 1 heterocycles. The number of nitrogens with two attached hydrogens (primary N) is 1. The van der Waals surface area contributed by atoms with E-state index in [0.29, 0.717) is 17.1 Å². The number of para-hydroxylation sites is 1. The Morgan fingerprint density at radius 2 is 2.05 bits per heavy atom. The lowest BCUT2D eigenvalue weighted by Crippen LogP contribution is -2.09. The van der Waals surface area contributed by atoms with Crippen molar-refractivity contribution in [2.24, 2.45) is 5.73 Å². The average molecular weight is 289 g/mol. The van der Waals surface area contributed by atoms with Crippen molar-refractivity contribution in [1.82, 2.24) is 0 Å². The summed E-state index contributed by atoms with van der Waals surface area (Å²) in [6, 6.07) is 9.96. The van der Waals surface area contributed by atoms with Gasteiger partial charge in [-0.3, -0.25) is 0 Å². The number of halogens is 1. The van der Waals surface area contributed by atoms with Crippen LogP contribution in [0.1, 0.15) is 24.1 Å². The third kappa shape index (κ3) is 2.78. The summed E-state index contributed by atoms with van der Waals surface area (Å²) in [5.74, 6) is 1.17. The molecule has 1 atom stereocenters. The Morgan fingerprint density at radius 1 is 1.24 bits per heavy atom. The lowest BCUT2D eigenvalue weighted by molar-refractivity contribution is 0.174. The van der Waals surface area contributed by atoms with E-state index >= 15 is 0 Å². The molecule has 5 heteroatoms. The molecule has 0 saturated carbocycles. The maximum atomic E-state index is 13.9. The third-order valence-electron chi connectivity index (χ3n) is 3.31. The van der Waals surface area contributed by atoms with Gasteiger partial charge in [-0.15, -0.1) is 0 Å². The maximum absolute atomic E-state index is 13.9. The highest BCUT2D eigenvalue weighted by atomic mass is 19.1. The average Bonchev–Trinajstić information content (AvgIpc) is 2.93. The molecule has 1 aliphatic heterocycles. The van der Waals surface area contributed by atoms with Gasteiger partial charge in [-0.2, -0.15) is 0 Å². The molecule has 2 N–H and O–H groups in total. The van der Waals surface area contributed by atoms with E-state index in [1.54, 1.807) is 19.1 Å². The molecule has 1 aliphatic rings. The first-order valence-corrected chi connectivity index (χ1v) is 6.70. The second-order valence-corrected chi connectivity index (χ2v) is 4.92. The van der Waals surface area contributed by atoms with Gasteiger partial charge in [-0.05, 0) is 30.7 Å². The highest BCUT2D eigenvalue weighted by molar-refractivity contribution is 5.44. The van der Waals surface area contributed by atoms with Crippen LogP contribution in [0.25, 0.3) is 0 Å². The molecule has 4 nitrogen and oxygen atoms in total. The summed E-state index contributed by atoms with van der Waals surface area (Å²) in [5, 5.41) is 0. The number of ether oxygens (including phenoxy) is 3. The zero-order chi connectivity index (χ0) is 14.8. The van der Waals surface area contributed by atoms with Gasteiger partial charge in [0.25, 0.3) is 0 Å². The standard InChI is InChI=1S/C16H16FNO3/c1-10(18)12-3-2-4-13(17)16(12)19-8-11-5-6-14-15(7-11)21-9-20-14/h2-7,10H,8-9,18H2,1H3. The van der Waals surface area contributed by atoms with Crippen molar-refractivity contribution in [1.29, 1.82) is 0 Å². The van der Waals surface area contributed by atoms with Crippen LogP contribution in [-0.2, 0) is 6.61 Å². The van der Waals surface area contributed by atoms with E-state index in [9.17, 15) is 4.39 Å². The summed E-state index contributed by atoms with van der Waals surface area (Å²) in [6.07, 6.45) is 0. The fourth-order valence-electron chi connectivity index (χ4n) is 2.22. The van der Waals surface area contributed by atoms with E-state index < -0.39 is 5.82 Å². The summed E-state index contributed by atoms with van der Waals surface area (Å²) in [6.45, 7) is 2.25. The first kappa shape index (κ1) is 13.7. The minimum Gasteiger partial charge on any atom is -0.485 e. The summed E-state index contributed by atoms with van der Waals surface area (Å²) >= 11 is 0. The van der Waals surface area contributed by atoms with Crippen LogP contribution >= 0.6 is 0 Å². The zero-order valence-electron chi connectivity index (χ0n) is 11.6. The number of benzene rings is 2. The Morgan fingerprint density at radius 3 is 2.86 bits per heavy atom. The normalized spacial score (nSPS) is 14.0. The summed E-state index contributed by atoms with van der Waals surface area (Å²) in [4.78, 5) is 0. The van der Waals surface area contributed by atoms with Gasteiger partial charge < -0.3 is 19.9 Å². The number of hydrogen-bond acceptors (Lipinski definition) is 4. The van der Waals surface area contributed by atoms with Gasteiger partial charge in [0.2, 0.25) is 6.79 Å². The van der Waals surface area contributed by atoms with Crippen LogP contribution in [0.4, 0.5) is 4.39 Å². The molecular weight excluding hydrogens is 273 g/mol. The summed E-state index contributed by atoms with van der Waals surface area (Å²) in [5.41, 5.74) is 7.37. The lowest BCUT2D eigenvalue weighted by Gasteiger charge is -2.15. The van der Waals surface area contributed by atoms with Crippen molar-refractivity contribution in [3.63, 3.8) is 0 Å². The molecule has 0 spiro atoms. The summed E-state index contributed by atoms with van der Waals surface area (Å²) < 4.78 is 30.1. The molecule has 0 radical (unpaired) electrons. The minimum atomic E-state index is -0.412. The molecule has 0 aliphatic carbocycles. The van der Waals surface area contributed by atoms with Crippen LogP contribution < -0.4 is 19.9 Å². The van der Waals surface area contributed by atoms with E-state index in [-0.39, 0.29) is 25.2 Å². The Hall–Kier alpha value is -2.27. The predicted octanol–water partition coefficient (Wildman–Crippen LogP) is 3.15. The fourth-order valence-corrected chi connectivity index (χ4v) is 2.22. The number of fused-ring (bicyclic) bond motifs is 1. The van der Waals surface area contributed by atoms with Crippen molar-refractivity contribution in [3.8, 4) is 17.2 Å². The van der Waals surface area contributed by atoms with Gasteiger partial charge in [-0.25, -0.2) is 4.39 Å². The van der Waals surface area contributed by atoms with E-state index in [1.807, 2.05) is 18.2 Å². The molecule has 0 fully saturated rings.